The molecule has 14 heavy (non-hydrogen) atoms. The van der Waals surface area contributed by atoms with E-state index in [2.05, 4.69) is 5.16 Å². The standard InChI is InChI=1S/C11H9NO2/c1-8-4-2-3-5-10(8)11-9(6-13)7-14-12-11/h2-7H,1H3. The van der Waals surface area contributed by atoms with Crippen molar-refractivity contribution in [3.8, 4) is 11.3 Å². The van der Waals surface area contributed by atoms with Gasteiger partial charge in [-0.1, -0.05) is 29.4 Å². The summed E-state index contributed by atoms with van der Waals surface area (Å²) in [5, 5.41) is 3.81. The molecule has 1 heterocycles. The first-order chi connectivity index (χ1) is 6.83. The number of carbonyl (C=O) groups is 1. The fourth-order valence-corrected chi connectivity index (χ4v) is 1.37. The molecule has 0 saturated heterocycles. The predicted octanol–water partition coefficient (Wildman–Crippen LogP) is 2.46. The van der Waals surface area contributed by atoms with Crippen LogP contribution in [0.15, 0.2) is 35.1 Å². The Kier molecular flexibility index (Phi) is 2.14. The number of nitrogens with zero attached hydrogens (tertiary/aromatic N) is 1. The largest absolute Gasteiger partial charge is 0.363 e. The number of hydrogen-bond acceptors (Lipinski definition) is 3. The number of benzene rings is 1. The second-order valence-corrected chi connectivity index (χ2v) is 3.05. The Balaban J connectivity index is 2.60. The molecule has 0 aliphatic rings. The van der Waals surface area contributed by atoms with Crippen molar-refractivity contribution in [1.82, 2.24) is 5.16 Å². The first-order valence-corrected chi connectivity index (χ1v) is 4.28. The van der Waals surface area contributed by atoms with E-state index in [1.165, 1.54) is 6.26 Å². The molecule has 0 bridgehead atoms. The molecule has 0 radical (unpaired) electrons. The van der Waals surface area contributed by atoms with Crippen LogP contribution in [0.3, 0.4) is 0 Å². The molecule has 0 amide bonds. The van der Waals surface area contributed by atoms with Crippen molar-refractivity contribution in [1.29, 1.82) is 0 Å². The van der Waals surface area contributed by atoms with Crippen LogP contribution in [0.2, 0.25) is 0 Å². The smallest absolute Gasteiger partial charge is 0.155 e. The van der Waals surface area contributed by atoms with Gasteiger partial charge in [0.05, 0.1) is 5.56 Å². The van der Waals surface area contributed by atoms with Crippen LogP contribution in [0.1, 0.15) is 15.9 Å². The molecule has 0 aliphatic heterocycles. The van der Waals surface area contributed by atoms with Crippen molar-refractivity contribution >= 4 is 6.29 Å². The number of rotatable bonds is 2. The molecular formula is C11H9NO2. The van der Waals surface area contributed by atoms with Crippen LogP contribution >= 0.6 is 0 Å². The number of aryl methyl sites for hydroxylation is 1. The molecular weight excluding hydrogens is 178 g/mol. The summed E-state index contributed by atoms with van der Waals surface area (Å²) < 4.78 is 4.76. The van der Waals surface area contributed by atoms with E-state index in [-0.39, 0.29) is 0 Å². The number of hydrogen-bond donors (Lipinski definition) is 0. The van der Waals surface area contributed by atoms with Gasteiger partial charge in [-0.3, -0.25) is 4.79 Å². The fraction of sp³-hybridized carbons (Fsp3) is 0.0909. The van der Waals surface area contributed by atoms with E-state index in [4.69, 9.17) is 4.52 Å². The lowest BCUT2D eigenvalue weighted by Gasteiger charge is -2.00. The maximum atomic E-state index is 10.7. The second-order valence-electron chi connectivity index (χ2n) is 3.05. The Morgan fingerprint density at radius 3 is 2.86 bits per heavy atom. The van der Waals surface area contributed by atoms with E-state index in [1.54, 1.807) is 0 Å². The van der Waals surface area contributed by atoms with E-state index in [0.29, 0.717) is 11.3 Å². The van der Waals surface area contributed by atoms with Gasteiger partial charge in [-0.25, -0.2) is 0 Å². The van der Waals surface area contributed by atoms with Gasteiger partial charge in [-0.2, -0.15) is 0 Å². The van der Waals surface area contributed by atoms with Gasteiger partial charge >= 0.3 is 0 Å². The Labute approximate surface area is 81.3 Å². The van der Waals surface area contributed by atoms with Crippen LogP contribution in [0.25, 0.3) is 11.3 Å². The Morgan fingerprint density at radius 2 is 2.14 bits per heavy atom. The molecule has 2 aromatic rings. The number of carbonyl (C=O) groups excluding carboxylic acids is 1. The van der Waals surface area contributed by atoms with Crippen LogP contribution in [-0.2, 0) is 0 Å². The minimum absolute atomic E-state index is 0.485. The molecule has 1 aromatic heterocycles. The van der Waals surface area contributed by atoms with Gasteiger partial charge in [-0.15, -0.1) is 0 Å². The summed E-state index contributed by atoms with van der Waals surface area (Å²) in [7, 11) is 0. The average molecular weight is 187 g/mol. The molecule has 1 aromatic carbocycles. The summed E-state index contributed by atoms with van der Waals surface area (Å²) in [4.78, 5) is 10.7. The molecule has 0 spiro atoms. The third kappa shape index (κ3) is 1.33. The zero-order valence-corrected chi connectivity index (χ0v) is 7.73. The second kappa shape index (κ2) is 3.46. The Bertz CT molecular complexity index is 460. The van der Waals surface area contributed by atoms with Crippen LogP contribution in [0, 0.1) is 6.92 Å². The fourth-order valence-electron chi connectivity index (χ4n) is 1.37. The molecule has 0 unspecified atom stereocenters. The Hall–Kier alpha value is -1.90. The Morgan fingerprint density at radius 1 is 1.36 bits per heavy atom. The van der Waals surface area contributed by atoms with Gasteiger partial charge in [0.2, 0.25) is 0 Å². The lowest BCUT2D eigenvalue weighted by atomic mass is 10.0. The average Bonchev–Trinajstić information content (AvgIpc) is 2.66. The normalized spacial score (nSPS) is 10.1. The molecule has 0 N–H and O–H groups in total. The maximum Gasteiger partial charge on any atom is 0.155 e. The van der Waals surface area contributed by atoms with E-state index >= 15 is 0 Å². The van der Waals surface area contributed by atoms with E-state index < -0.39 is 0 Å². The van der Waals surface area contributed by atoms with Gasteiger partial charge in [0.1, 0.15) is 12.0 Å². The van der Waals surface area contributed by atoms with Crippen molar-refractivity contribution < 1.29 is 9.32 Å². The maximum absolute atomic E-state index is 10.7. The van der Waals surface area contributed by atoms with Crippen molar-refractivity contribution in [2.45, 2.75) is 6.92 Å². The summed E-state index contributed by atoms with van der Waals surface area (Å²) in [6.07, 6.45) is 2.10. The third-order valence-corrected chi connectivity index (χ3v) is 2.12. The highest BCUT2D eigenvalue weighted by atomic mass is 16.5. The van der Waals surface area contributed by atoms with Gasteiger partial charge in [-0.05, 0) is 12.5 Å². The quantitative estimate of drug-likeness (QED) is 0.678. The van der Waals surface area contributed by atoms with Crippen LogP contribution in [-0.4, -0.2) is 11.4 Å². The lowest BCUT2D eigenvalue weighted by molar-refractivity contribution is 0.112. The van der Waals surface area contributed by atoms with E-state index in [9.17, 15) is 4.79 Å². The van der Waals surface area contributed by atoms with Crippen molar-refractivity contribution in [2.75, 3.05) is 0 Å². The number of aromatic nitrogens is 1. The SMILES string of the molecule is Cc1ccccc1-c1nocc1C=O. The summed E-state index contributed by atoms with van der Waals surface area (Å²) >= 11 is 0. The summed E-state index contributed by atoms with van der Waals surface area (Å²) in [5.41, 5.74) is 3.10. The molecule has 3 nitrogen and oxygen atoms in total. The van der Waals surface area contributed by atoms with Crippen LogP contribution < -0.4 is 0 Å². The van der Waals surface area contributed by atoms with Crippen LogP contribution in [0.5, 0.6) is 0 Å². The molecule has 0 fully saturated rings. The molecule has 70 valence electrons. The number of aldehydes is 1. The third-order valence-electron chi connectivity index (χ3n) is 2.12. The highest BCUT2D eigenvalue weighted by Gasteiger charge is 2.10. The summed E-state index contributed by atoms with van der Waals surface area (Å²) in [6.45, 7) is 1.97. The lowest BCUT2D eigenvalue weighted by Crippen LogP contribution is -1.86. The van der Waals surface area contributed by atoms with Crippen LogP contribution in [0.4, 0.5) is 0 Å². The topological polar surface area (TPSA) is 43.1 Å². The van der Waals surface area contributed by atoms with Gasteiger partial charge in [0, 0.05) is 5.56 Å². The van der Waals surface area contributed by atoms with Gasteiger partial charge < -0.3 is 4.52 Å². The summed E-state index contributed by atoms with van der Waals surface area (Å²) in [6, 6.07) is 7.74. The van der Waals surface area contributed by atoms with Crippen molar-refractivity contribution in [2.24, 2.45) is 0 Å². The molecule has 3 heteroatoms. The molecule has 0 aliphatic carbocycles. The predicted molar refractivity (Wildman–Crippen MR) is 52.1 cm³/mol. The monoisotopic (exact) mass is 187 g/mol. The molecule has 0 saturated carbocycles. The minimum atomic E-state index is 0.485. The minimum Gasteiger partial charge on any atom is -0.363 e. The van der Waals surface area contributed by atoms with Gasteiger partial charge in [0.15, 0.2) is 6.29 Å². The van der Waals surface area contributed by atoms with Crippen molar-refractivity contribution in [3.63, 3.8) is 0 Å². The van der Waals surface area contributed by atoms with Crippen molar-refractivity contribution in [3.05, 3.63) is 41.7 Å². The highest BCUT2D eigenvalue weighted by molar-refractivity contribution is 5.85. The zero-order valence-electron chi connectivity index (χ0n) is 7.73. The molecule has 2 rings (SSSR count). The first kappa shape index (κ1) is 8.69. The van der Waals surface area contributed by atoms with E-state index in [1.807, 2.05) is 31.2 Å². The summed E-state index contributed by atoms with van der Waals surface area (Å²) in [5.74, 6) is 0. The zero-order chi connectivity index (χ0) is 9.97. The first-order valence-electron chi connectivity index (χ1n) is 4.28. The molecule has 0 atom stereocenters. The van der Waals surface area contributed by atoms with E-state index in [0.717, 1.165) is 17.4 Å². The highest BCUT2D eigenvalue weighted by Crippen LogP contribution is 2.23. The van der Waals surface area contributed by atoms with Gasteiger partial charge in [0.25, 0.3) is 0 Å².